The molecule has 7 nitrogen and oxygen atoms in total. The molecule has 0 spiro atoms. The first kappa shape index (κ1) is 32.8. The zero-order valence-corrected chi connectivity index (χ0v) is 27.0. The number of hydrogen-bond donors (Lipinski definition) is 1. The molecule has 1 N–H and O–H groups in total. The molecule has 43 heavy (non-hydrogen) atoms. The monoisotopic (exact) mass is 643 g/mol. The van der Waals surface area contributed by atoms with E-state index < -0.39 is 16.1 Å². The van der Waals surface area contributed by atoms with E-state index in [0.717, 1.165) is 48.6 Å². The van der Waals surface area contributed by atoms with Crippen molar-refractivity contribution in [2.24, 2.45) is 0 Å². The van der Waals surface area contributed by atoms with Gasteiger partial charge in [-0.25, -0.2) is 8.42 Å². The molecule has 0 radical (unpaired) electrons. The molecule has 0 bridgehead atoms. The predicted octanol–water partition coefficient (Wildman–Crippen LogP) is 6.55. The van der Waals surface area contributed by atoms with Crippen LogP contribution < -0.4 is 9.62 Å². The van der Waals surface area contributed by atoms with Gasteiger partial charge in [-0.3, -0.25) is 13.9 Å². The number of anilines is 1. The van der Waals surface area contributed by atoms with Crippen molar-refractivity contribution in [3.63, 3.8) is 0 Å². The maximum Gasteiger partial charge on any atom is 0.243 e. The van der Waals surface area contributed by atoms with E-state index in [1.165, 1.54) is 4.31 Å². The summed E-state index contributed by atoms with van der Waals surface area (Å²) in [6.45, 7) is 2.18. The highest BCUT2D eigenvalue weighted by atomic mass is 35.5. The lowest BCUT2D eigenvalue weighted by Crippen LogP contribution is -2.52. The van der Waals surface area contributed by atoms with Gasteiger partial charge in [0.15, 0.2) is 0 Å². The Labute approximate surface area is 265 Å². The predicted molar refractivity (Wildman–Crippen MR) is 174 cm³/mol. The van der Waals surface area contributed by atoms with Crippen LogP contribution in [0.2, 0.25) is 10.0 Å². The highest BCUT2D eigenvalue weighted by Gasteiger charge is 2.32. The molecule has 1 aliphatic rings. The van der Waals surface area contributed by atoms with Crippen LogP contribution in [-0.4, -0.2) is 50.0 Å². The first-order valence-electron chi connectivity index (χ1n) is 14.6. The van der Waals surface area contributed by atoms with Gasteiger partial charge in [-0.2, -0.15) is 0 Å². The van der Waals surface area contributed by atoms with E-state index in [4.69, 9.17) is 23.2 Å². The second-order valence-corrected chi connectivity index (χ2v) is 14.0. The fourth-order valence-electron chi connectivity index (χ4n) is 5.54. The summed E-state index contributed by atoms with van der Waals surface area (Å²) < 4.78 is 26.7. The Morgan fingerprint density at radius 2 is 1.65 bits per heavy atom. The van der Waals surface area contributed by atoms with E-state index in [2.05, 4.69) is 5.32 Å². The number of amides is 2. The summed E-state index contributed by atoms with van der Waals surface area (Å²) in [6, 6.07) is 21.4. The Balaban J connectivity index is 1.60. The number of carbonyl (C=O) groups excluding carboxylic acids is 2. The van der Waals surface area contributed by atoms with Crippen LogP contribution in [0.5, 0.6) is 0 Å². The smallest absolute Gasteiger partial charge is 0.243 e. The minimum absolute atomic E-state index is 0.0567. The molecule has 4 rings (SSSR count). The average molecular weight is 645 g/mol. The van der Waals surface area contributed by atoms with Crippen molar-refractivity contribution in [1.29, 1.82) is 0 Å². The fourth-order valence-corrected chi connectivity index (χ4v) is 6.82. The summed E-state index contributed by atoms with van der Waals surface area (Å²) in [4.78, 5) is 29.5. The van der Waals surface area contributed by atoms with Gasteiger partial charge in [0.25, 0.3) is 0 Å². The van der Waals surface area contributed by atoms with Gasteiger partial charge in [0.2, 0.25) is 21.8 Å². The third kappa shape index (κ3) is 9.46. The molecule has 0 saturated heterocycles. The lowest BCUT2D eigenvalue weighted by molar-refractivity contribution is -0.141. The van der Waals surface area contributed by atoms with Gasteiger partial charge in [0.1, 0.15) is 6.04 Å². The quantitative estimate of drug-likeness (QED) is 0.229. The summed E-state index contributed by atoms with van der Waals surface area (Å²) in [6.07, 6.45) is 5.81. The van der Waals surface area contributed by atoms with Crippen molar-refractivity contribution in [3.05, 3.63) is 99.5 Å². The molecule has 0 heterocycles. The summed E-state index contributed by atoms with van der Waals surface area (Å²) in [5, 5.41) is 3.96. The highest BCUT2D eigenvalue weighted by Crippen LogP contribution is 2.26. The second kappa shape index (κ2) is 15.1. The van der Waals surface area contributed by atoms with Gasteiger partial charge in [-0.05, 0) is 67.1 Å². The number of sulfonamides is 1. The van der Waals surface area contributed by atoms with Crippen molar-refractivity contribution >= 4 is 50.7 Å². The molecule has 230 valence electrons. The standard InChI is InChI=1S/C33H39Cl2N3O4S/c1-24-10-8-15-28(20-24)38(43(2,41)42)19-9-16-32(39)37(23-26-17-18-29(34)30(35)21-26)31(22-25-11-4-3-5-12-25)33(40)36-27-13-6-7-14-27/h3-5,8,10-12,15,17-18,20-21,27,31H,6-7,9,13-14,16,19,22-23H2,1-2H3,(H,36,40)/t31-/m0/s1. The molecule has 0 aromatic heterocycles. The van der Waals surface area contributed by atoms with Crippen LogP contribution in [0.1, 0.15) is 55.2 Å². The van der Waals surface area contributed by atoms with Gasteiger partial charge in [-0.1, -0.05) is 84.6 Å². The van der Waals surface area contributed by atoms with E-state index in [1.807, 2.05) is 55.5 Å². The molecule has 1 aliphatic carbocycles. The largest absolute Gasteiger partial charge is 0.352 e. The van der Waals surface area contributed by atoms with Gasteiger partial charge >= 0.3 is 0 Å². The number of carbonyl (C=O) groups is 2. The number of benzene rings is 3. The third-order valence-electron chi connectivity index (χ3n) is 7.75. The van der Waals surface area contributed by atoms with Crippen molar-refractivity contribution in [1.82, 2.24) is 10.2 Å². The normalized spacial score (nSPS) is 14.3. The van der Waals surface area contributed by atoms with E-state index in [1.54, 1.807) is 29.2 Å². The van der Waals surface area contributed by atoms with Gasteiger partial charge in [0.05, 0.1) is 22.0 Å². The number of aryl methyl sites for hydroxylation is 1. The molecule has 0 unspecified atom stereocenters. The van der Waals surface area contributed by atoms with Crippen molar-refractivity contribution in [3.8, 4) is 0 Å². The highest BCUT2D eigenvalue weighted by molar-refractivity contribution is 7.92. The van der Waals surface area contributed by atoms with Crippen LogP contribution in [-0.2, 0) is 32.6 Å². The second-order valence-electron chi connectivity index (χ2n) is 11.2. The van der Waals surface area contributed by atoms with E-state index >= 15 is 0 Å². The minimum atomic E-state index is -3.58. The fraction of sp³-hybridized carbons (Fsp3) is 0.394. The molecular weight excluding hydrogens is 605 g/mol. The first-order valence-corrected chi connectivity index (χ1v) is 17.2. The van der Waals surface area contributed by atoms with Crippen LogP contribution in [0.3, 0.4) is 0 Å². The molecule has 1 saturated carbocycles. The Kier molecular flexibility index (Phi) is 11.5. The summed E-state index contributed by atoms with van der Waals surface area (Å²) in [5.74, 6) is -0.437. The molecular formula is C33H39Cl2N3O4S. The zero-order chi connectivity index (χ0) is 31.0. The van der Waals surface area contributed by atoms with Crippen LogP contribution in [0.15, 0.2) is 72.8 Å². The molecule has 3 aromatic rings. The summed E-state index contributed by atoms with van der Waals surface area (Å²) >= 11 is 12.5. The first-order chi connectivity index (χ1) is 20.5. The zero-order valence-electron chi connectivity index (χ0n) is 24.6. The lowest BCUT2D eigenvalue weighted by Gasteiger charge is -2.33. The van der Waals surface area contributed by atoms with Crippen molar-refractivity contribution < 1.29 is 18.0 Å². The maximum absolute atomic E-state index is 14.0. The lowest BCUT2D eigenvalue weighted by atomic mass is 10.0. The number of nitrogens with zero attached hydrogens (tertiary/aromatic N) is 2. The number of rotatable bonds is 13. The third-order valence-corrected chi connectivity index (χ3v) is 9.68. The van der Waals surface area contributed by atoms with Crippen LogP contribution in [0, 0.1) is 6.92 Å². The molecule has 1 atom stereocenters. The van der Waals surface area contributed by atoms with Gasteiger partial charge in [-0.15, -0.1) is 0 Å². The molecule has 2 amide bonds. The van der Waals surface area contributed by atoms with Crippen LogP contribution in [0.4, 0.5) is 5.69 Å². The molecule has 10 heteroatoms. The number of halogens is 2. The van der Waals surface area contributed by atoms with E-state index in [-0.39, 0.29) is 43.8 Å². The van der Waals surface area contributed by atoms with Crippen LogP contribution >= 0.6 is 23.2 Å². The van der Waals surface area contributed by atoms with Gasteiger partial charge < -0.3 is 10.2 Å². The Hall–Kier alpha value is -3.07. The van der Waals surface area contributed by atoms with Crippen molar-refractivity contribution in [2.75, 3.05) is 17.1 Å². The summed E-state index contributed by atoms with van der Waals surface area (Å²) in [5.41, 5.74) is 3.17. The Morgan fingerprint density at radius 1 is 0.930 bits per heavy atom. The minimum Gasteiger partial charge on any atom is -0.352 e. The molecule has 0 aliphatic heterocycles. The Morgan fingerprint density at radius 3 is 2.30 bits per heavy atom. The van der Waals surface area contributed by atoms with Crippen LogP contribution in [0.25, 0.3) is 0 Å². The van der Waals surface area contributed by atoms with Gasteiger partial charge in [0, 0.05) is 32.0 Å². The maximum atomic E-state index is 14.0. The summed E-state index contributed by atoms with van der Waals surface area (Å²) in [7, 11) is -3.58. The number of hydrogen-bond acceptors (Lipinski definition) is 4. The SMILES string of the molecule is Cc1cccc(N(CCCC(=O)N(Cc2ccc(Cl)c(Cl)c2)[C@@H](Cc2ccccc2)C(=O)NC2CCCC2)S(C)(=O)=O)c1. The molecule has 1 fully saturated rings. The van der Waals surface area contributed by atoms with Crippen molar-refractivity contribution in [2.45, 2.75) is 70.5 Å². The topological polar surface area (TPSA) is 86.8 Å². The van der Waals surface area contributed by atoms with E-state index in [0.29, 0.717) is 22.2 Å². The Bertz CT molecular complexity index is 1510. The average Bonchev–Trinajstić information content (AvgIpc) is 3.47. The number of nitrogens with one attached hydrogen (secondary N) is 1. The molecule has 3 aromatic carbocycles. The van der Waals surface area contributed by atoms with E-state index in [9.17, 15) is 18.0 Å².